The molecular formula is C19H22N2O5. The van der Waals surface area contributed by atoms with E-state index in [0.717, 1.165) is 30.6 Å². The van der Waals surface area contributed by atoms with Gasteiger partial charge in [0.2, 0.25) is 11.8 Å². The topological polar surface area (TPSA) is 92.8 Å². The molecule has 0 radical (unpaired) electrons. The van der Waals surface area contributed by atoms with E-state index in [-0.39, 0.29) is 48.8 Å². The Balaban J connectivity index is 1.51. The van der Waals surface area contributed by atoms with Crippen LogP contribution in [-0.4, -0.2) is 36.3 Å². The third kappa shape index (κ3) is 4.28. The summed E-state index contributed by atoms with van der Waals surface area (Å²) < 4.78 is 5.04. The van der Waals surface area contributed by atoms with Crippen molar-refractivity contribution >= 4 is 29.4 Å². The number of imide groups is 1. The molecule has 3 amide bonds. The maximum absolute atomic E-state index is 12.1. The molecule has 0 atom stereocenters. The molecule has 7 nitrogen and oxygen atoms in total. The summed E-state index contributed by atoms with van der Waals surface area (Å²) in [6.07, 6.45) is 5.77. The van der Waals surface area contributed by atoms with Gasteiger partial charge < -0.3 is 10.1 Å². The first-order chi connectivity index (χ1) is 12.5. The highest BCUT2D eigenvalue weighted by Gasteiger charge is 2.30. The van der Waals surface area contributed by atoms with Crippen molar-refractivity contribution in [2.75, 3.05) is 11.5 Å². The Morgan fingerprint density at radius 2 is 1.62 bits per heavy atom. The van der Waals surface area contributed by atoms with E-state index in [4.69, 9.17) is 4.74 Å². The molecule has 1 heterocycles. The summed E-state index contributed by atoms with van der Waals surface area (Å²) in [6, 6.07) is 6.19. The molecule has 1 saturated heterocycles. The minimum absolute atomic E-state index is 0.171. The Bertz CT molecular complexity index is 691. The first-order valence-corrected chi connectivity index (χ1v) is 8.97. The molecule has 2 aliphatic rings. The molecule has 138 valence electrons. The summed E-state index contributed by atoms with van der Waals surface area (Å²) in [5.41, 5.74) is 0.697. The van der Waals surface area contributed by atoms with Gasteiger partial charge in [-0.3, -0.25) is 19.3 Å². The van der Waals surface area contributed by atoms with Gasteiger partial charge in [0, 0.05) is 18.9 Å². The lowest BCUT2D eigenvalue weighted by Crippen LogP contribution is -2.38. The van der Waals surface area contributed by atoms with Crippen LogP contribution < -0.4 is 10.2 Å². The van der Waals surface area contributed by atoms with Gasteiger partial charge in [0.05, 0.1) is 11.3 Å². The number of ether oxygens (including phenoxy) is 1. The Labute approximate surface area is 151 Å². The molecule has 0 bridgehead atoms. The number of carbonyl (C=O) groups excluding carboxylic acids is 4. The predicted octanol–water partition coefficient (Wildman–Crippen LogP) is 1.95. The summed E-state index contributed by atoms with van der Waals surface area (Å²) in [5.74, 6) is -1.40. The molecule has 26 heavy (non-hydrogen) atoms. The van der Waals surface area contributed by atoms with Crippen LogP contribution in [0.3, 0.4) is 0 Å². The molecule has 2 fully saturated rings. The van der Waals surface area contributed by atoms with Crippen molar-refractivity contribution in [2.24, 2.45) is 0 Å². The smallest absolute Gasteiger partial charge is 0.338 e. The minimum atomic E-state index is -0.616. The molecular weight excluding hydrogens is 336 g/mol. The van der Waals surface area contributed by atoms with Gasteiger partial charge in [-0.2, -0.15) is 0 Å². The molecule has 0 unspecified atom stereocenters. The zero-order chi connectivity index (χ0) is 18.5. The van der Waals surface area contributed by atoms with E-state index in [9.17, 15) is 19.2 Å². The number of benzene rings is 1. The summed E-state index contributed by atoms with van der Waals surface area (Å²) in [5, 5.41) is 2.88. The number of anilines is 1. The molecule has 1 aliphatic heterocycles. The average Bonchev–Trinajstić information content (AvgIpc) is 2.99. The molecule has 1 saturated carbocycles. The van der Waals surface area contributed by atoms with E-state index in [2.05, 4.69) is 5.32 Å². The van der Waals surface area contributed by atoms with Crippen molar-refractivity contribution in [3.63, 3.8) is 0 Å². The van der Waals surface area contributed by atoms with Gasteiger partial charge in [-0.25, -0.2) is 4.79 Å². The molecule has 1 aromatic rings. The van der Waals surface area contributed by atoms with E-state index in [0.29, 0.717) is 5.69 Å². The van der Waals surface area contributed by atoms with Crippen molar-refractivity contribution in [3.05, 3.63) is 29.8 Å². The van der Waals surface area contributed by atoms with Gasteiger partial charge in [0.25, 0.3) is 5.91 Å². The Morgan fingerprint density at radius 1 is 1.00 bits per heavy atom. The Hall–Kier alpha value is -2.70. The third-order valence-electron chi connectivity index (χ3n) is 4.72. The second kappa shape index (κ2) is 8.12. The number of nitrogens with zero attached hydrogens (tertiary/aromatic N) is 1. The number of hydrogen-bond donors (Lipinski definition) is 1. The number of amides is 3. The van der Waals surface area contributed by atoms with Crippen LogP contribution in [0.1, 0.15) is 55.3 Å². The first kappa shape index (κ1) is 18.1. The summed E-state index contributed by atoms with van der Waals surface area (Å²) in [4.78, 5) is 48.5. The highest BCUT2D eigenvalue weighted by atomic mass is 16.5. The maximum atomic E-state index is 12.1. The van der Waals surface area contributed by atoms with Crippen molar-refractivity contribution in [1.82, 2.24) is 5.32 Å². The zero-order valence-corrected chi connectivity index (χ0v) is 14.5. The quantitative estimate of drug-likeness (QED) is 0.641. The molecule has 3 rings (SSSR count). The molecule has 0 aromatic heterocycles. The summed E-state index contributed by atoms with van der Waals surface area (Å²) in [6.45, 7) is -0.319. The van der Waals surface area contributed by atoms with E-state index in [1.54, 1.807) is 0 Å². The van der Waals surface area contributed by atoms with Crippen LogP contribution in [0, 0.1) is 0 Å². The van der Waals surface area contributed by atoms with Crippen LogP contribution in [0.15, 0.2) is 24.3 Å². The SMILES string of the molecule is O=C(COC(=O)c1ccc(N2C(=O)CCC2=O)cc1)NC1CCCCC1. The average molecular weight is 358 g/mol. The largest absolute Gasteiger partial charge is 0.452 e. The minimum Gasteiger partial charge on any atom is -0.452 e. The lowest BCUT2D eigenvalue weighted by atomic mass is 9.95. The van der Waals surface area contributed by atoms with Gasteiger partial charge in [-0.05, 0) is 37.1 Å². The predicted molar refractivity (Wildman–Crippen MR) is 93.5 cm³/mol. The zero-order valence-electron chi connectivity index (χ0n) is 14.5. The highest BCUT2D eigenvalue weighted by Crippen LogP contribution is 2.23. The fourth-order valence-electron chi connectivity index (χ4n) is 3.34. The van der Waals surface area contributed by atoms with Crippen LogP contribution in [0.25, 0.3) is 0 Å². The number of hydrogen-bond acceptors (Lipinski definition) is 5. The number of nitrogens with one attached hydrogen (secondary N) is 1. The fraction of sp³-hybridized carbons (Fsp3) is 0.474. The maximum Gasteiger partial charge on any atom is 0.338 e. The van der Waals surface area contributed by atoms with Crippen molar-refractivity contribution in [1.29, 1.82) is 0 Å². The van der Waals surface area contributed by atoms with Crippen LogP contribution in [0.2, 0.25) is 0 Å². The molecule has 1 aliphatic carbocycles. The lowest BCUT2D eigenvalue weighted by molar-refractivity contribution is -0.125. The van der Waals surface area contributed by atoms with E-state index < -0.39 is 5.97 Å². The van der Waals surface area contributed by atoms with E-state index >= 15 is 0 Å². The standard InChI is InChI=1S/C19H22N2O5/c22-16(20-14-4-2-1-3-5-14)12-26-19(25)13-6-8-15(9-7-13)21-17(23)10-11-18(21)24/h6-9,14H,1-5,10-12H2,(H,20,22). The normalized spacial score (nSPS) is 18.1. The van der Waals surface area contributed by atoms with E-state index in [1.807, 2.05) is 0 Å². The highest BCUT2D eigenvalue weighted by molar-refractivity contribution is 6.19. The monoisotopic (exact) mass is 358 g/mol. The lowest BCUT2D eigenvalue weighted by Gasteiger charge is -2.22. The van der Waals surface area contributed by atoms with Gasteiger partial charge >= 0.3 is 5.97 Å². The Morgan fingerprint density at radius 3 is 2.23 bits per heavy atom. The van der Waals surface area contributed by atoms with Crippen molar-refractivity contribution < 1.29 is 23.9 Å². The summed E-state index contributed by atoms with van der Waals surface area (Å²) in [7, 11) is 0. The van der Waals surface area contributed by atoms with Gasteiger partial charge in [-0.1, -0.05) is 19.3 Å². The van der Waals surface area contributed by atoms with Gasteiger partial charge in [-0.15, -0.1) is 0 Å². The van der Waals surface area contributed by atoms with Crippen molar-refractivity contribution in [2.45, 2.75) is 51.0 Å². The van der Waals surface area contributed by atoms with Gasteiger partial charge in [0.1, 0.15) is 0 Å². The molecule has 0 spiro atoms. The van der Waals surface area contributed by atoms with E-state index in [1.165, 1.54) is 30.7 Å². The number of carbonyl (C=O) groups is 4. The Kier molecular flexibility index (Phi) is 5.65. The number of esters is 1. The van der Waals surface area contributed by atoms with Crippen LogP contribution in [0.4, 0.5) is 5.69 Å². The molecule has 1 N–H and O–H groups in total. The second-order valence-electron chi connectivity index (χ2n) is 6.65. The first-order valence-electron chi connectivity index (χ1n) is 8.97. The van der Waals surface area contributed by atoms with Crippen molar-refractivity contribution in [3.8, 4) is 0 Å². The summed E-state index contributed by atoms with van der Waals surface area (Å²) >= 11 is 0. The van der Waals surface area contributed by atoms with Crippen LogP contribution >= 0.6 is 0 Å². The van der Waals surface area contributed by atoms with Gasteiger partial charge in [0.15, 0.2) is 6.61 Å². The third-order valence-corrected chi connectivity index (χ3v) is 4.72. The molecule has 1 aromatic carbocycles. The molecule has 7 heteroatoms. The van der Waals surface area contributed by atoms with Crippen LogP contribution in [-0.2, 0) is 19.1 Å². The van der Waals surface area contributed by atoms with Crippen LogP contribution in [0.5, 0.6) is 0 Å². The number of rotatable bonds is 5. The fourth-order valence-corrected chi connectivity index (χ4v) is 3.34. The second-order valence-corrected chi connectivity index (χ2v) is 6.65.